The third kappa shape index (κ3) is 7.62. The molecule has 0 aliphatic carbocycles. The lowest BCUT2D eigenvalue weighted by Gasteiger charge is -2.31. The van der Waals surface area contributed by atoms with Crippen molar-refractivity contribution in [3.05, 3.63) is 12.2 Å². The molecule has 0 saturated carbocycles. The summed E-state index contributed by atoms with van der Waals surface area (Å²) in [5.74, 6) is -2.68. The van der Waals surface area contributed by atoms with Crippen molar-refractivity contribution < 1.29 is 24.2 Å². The number of carboxylic acid groups (broad SMARTS) is 1. The molecule has 0 aromatic carbocycles. The van der Waals surface area contributed by atoms with E-state index in [0.717, 1.165) is 4.90 Å². The molecule has 24 heavy (non-hydrogen) atoms. The van der Waals surface area contributed by atoms with Crippen molar-refractivity contribution >= 4 is 18.0 Å². The first-order valence-electron chi connectivity index (χ1n) is 8.20. The van der Waals surface area contributed by atoms with E-state index in [9.17, 15) is 19.5 Å². The highest BCUT2D eigenvalue weighted by Crippen LogP contribution is 2.25. The van der Waals surface area contributed by atoms with E-state index in [-0.39, 0.29) is 29.6 Å². The summed E-state index contributed by atoms with van der Waals surface area (Å²) in [4.78, 5) is 37.6. The maximum Gasteiger partial charge on any atom is 0.416 e. The SMILES string of the molecule is C=C(C(=O)O)C(CC(C)C)C(=O)N(CC(C)(C)C)C(=O)OC(C)C. The Hall–Kier alpha value is -1.85. The van der Waals surface area contributed by atoms with Crippen molar-refractivity contribution in [2.45, 2.75) is 61.0 Å². The standard InChI is InChI=1S/C18H31NO5/c1-11(2)9-14(13(5)16(21)22)15(20)19(10-18(6,7)8)17(23)24-12(3)4/h11-12,14H,5,9-10H2,1-4,6-8H3,(H,21,22). The molecule has 6 nitrogen and oxygen atoms in total. The van der Waals surface area contributed by atoms with Gasteiger partial charge in [-0.3, -0.25) is 4.79 Å². The molecule has 0 fully saturated rings. The van der Waals surface area contributed by atoms with Gasteiger partial charge in [-0.2, -0.15) is 0 Å². The zero-order valence-corrected chi connectivity index (χ0v) is 15.9. The van der Waals surface area contributed by atoms with Crippen molar-refractivity contribution in [2.75, 3.05) is 6.54 Å². The van der Waals surface area contributed by atoms with E-state index < -0.39 is 23.9 Å². The number of rotatable bonds is 7. The second-order valence-electron chi connectivity index (χ2n) is 7.93. The molecule has 1 N–H and O–H groups in total. The van der Waals surface area contributed by atoms with Gasteiger partial charge in [-0.25, -0.2) is 14.5 Å². The van der Waals surface area contributed by atoms with Crippen LogP contribution in [0.3, 0.4) is 0 Å². The molecule has 0 heterocycles. The van der Waals surface area contributed by atoms with Crippen LogP contribution >= 0.6 is 0 Å². The van der Waals surface area contributed by atoms with Crippen LogP contribution in [0, 0.1) is 17.3 Å². The first-order chi connectivity index (χ1) is 10.8. The largest absolute Gasteiger partial charge is 0.478 e. The zero-order chi connectivity index (χ0) is 19.2. The van der Waals surface area contributed by atoms with E-state index in [4.69, 9.17) is 4.74 Å². The number of hydrogen-bond acceptors (Lipinski definition) is 4. The predicted molar refractivity (Wildman–Crippen MR) is 92.5 cm³/mol. The first kappa shape index (κ1) is 22.1. The van der Waals surface area contributed by atoms with E-state index >= 15 is 0 Å². The molecule has 6 heteroatoms. The summed E-state index contributed by atoms with van der Waals surface area (Å²) in [6.45, 7) is 16.5. The lowest BCUT2D eigenvalue weighted by molar-refractivity contribution is -0.139. The molecule has 0 spiro atoms. The summed E-state index contributed by atoms with van der Waals surface area (Å²) >= 11 is 0. The van der Waals surface area contributed by atoms with Crippen LogP contribution in [0.2, 0.25) is 0 Å². The predicted octanol–water partition coefficient (Wildman–Crippen LogP) is 3.71. The van der Waals surface area contributed by atoms with Crippen LogP contribution in [0.1, 0.15) is 54.9 Å². The molecule has 0 aromatic rings. The summed E-state index contributed by atoms with van der Waals surface area (Å²) in [7, 11) is 0. The summed E-state index contributed by atoms with van der Waals surface area (Å²) < 4.78 is 5.16. The van der Waals surface area contributed by atoms with Crippen LogP contribution in [0.4, 0.5) is 4.79 Å². The average Bonchev–Trinajstić information content (AvgIpc) is 2.38. The molecular weight excluding hydrogens is 310 g/mol. The highest BCUT2D eigenvalue weighted by Gasteiger charge is 2.36. The van der Waals surface area contributed by atoms with Gasteiger partial charge in [0.25, 0.3) is 0 Å². The third-order valence-electron chi connectivity index (χ3n) is 3.16. The quantitative estimate of drug-likeness (QED) is 0.714. The molecule has 138 valence electrons. The van der Waals surface area contributed by atoms with Gasteiger partial charge in [-0.05, 0) is 31.6 Å². The maximum atomic E-state index is 12.9. The fraction of sp³-hybridized carbons (Fsp3) is 0.722. The molecule has 0 saturated heterocycles. The number of hydrogen-bond donors (Lipinski definition) is 1. The smallest absolute Gasteiger partial charge is 0.416 e. The summed E-state index contributed by atoms with van der Waals surface area (Å²) in [5, 5.41) is 9.23. The molecule has 0 rings (SSSR count). The van der Waals surface area contributed by atoms with E-state index in [1.807, 2.05) is 34.6 Å². The number of carboxylic acids is 1. The molecule has 0 aromatic heterocycles. The lowest BCUT2D eigenvalue weighted by atomic mass is 9.88. The minimum atomic E-state index is -1.23. The minimum absolute atomic E-state index is 0.0765. The van der Waals surface area contributed by atoms with E-state index in [0.29, 0.717) is 6.42 Å². The number of imide groups is 1. The summed E-state index contributed by atoms with van der Waals surface area (Å²) in [5.41, 5.74) is -0.552. The number of ether oxygens (including phenoxy) is 1. The van der Waals surface area contributed by atoms with Gasteiger partial charge in [-0.1, -0.05) is 41.2 Å². The minimum Gasteiger partial charge on any atom is -0.478 e. The van der Waals surface area contributed by atoms with Gasteiger partial charge in [-0.15, -0.1) is 0 Å². The molecule has 2 amide bonds. The second-order valence-corrected chi connectivity index (χ2v) is 7.93. The van der Waals surface area contributed by atoms with Crippen LogP contribution in [-0.4, -0.2) is 40.6 Å². The van der Waals surface area contributed by atoms with Crippen molar-refractivity contribution in [1.29, 1.82) is 0 Å². The van der Waals surface area contributed by atoms with Gasteiger partial charge in [0.1, 0.15) is 0 Å². The van der Waals surface area contributed by atoms with Crippen molar-refractivity contribution in [3.63, 3.8) is 0 Å². The Labute approximate surface area is 144 Å². The fourth-order valence-electron chi connectivity index (χ4n) is 2.17. The summed E-state index contributed by atoms with van der Waals surface area (Å²) in [6.07, 6.45) is -0.824. The topological polar surface area (TPSA) is 83.9 Å². The van der Waals surface area contributed by atoms with Gasteiger partial charge in [0.05, 0.1) is 12.0 Å². The molecule has 0 aliphatic heterocycles. The van der Waals surface area contributed by atoms with E-state index in [1.54, 1.807) is 13.8 Å². The van der Waals surface area contributed by atoms with Crippen molar-refractivity contribution in [2.24, 2.45) is 17.3 Å². The molecular formula is C18H31NO5. The molecule has 0 radical (unpaired) electrons. The summed E-state index contributed by atoms with van der Waals surface area (Å²) in [6, 6.07) is 0. The van der Waals surface area contributed by atoms with Gasteiger partial charge in [0, 0.05) is 12.1 Å². The maximum absolute atomic E-state index is 12.9. The van der Waals surface area contributed by atoms with Crippen LogP contribution in [0.15, 0.2) is 12.2 Å². The Balaban J connectivity index is 5.67. The number of carbonyl (C=O) groups is 3. The lowest BCUT2D eigenvalue weighted by Crippen LogP contribution is -2.47. The molecule has 0 bridgehead atoms. The normalized spacial score (nSPS) is 12.9. The van der Waals surface area contributed by atoms with Crippen LogP contribution in [0.5, 0.6) is 0 Å². The Morgan fingerprint density at radius 1 is 1.12 bits per heavy atom. The Morgan fingerprint density at radius 2 is 1.62 bits per heavy atom. The highest BCUT2D eigenvalue weighted by molar-refractivity contribution is 6.00. The average molecular weight is 341 g/mol. The Bertz CT molecular complexity index is 488. The number of nitrogens with zero attached hydrogens (tertiary/aromatic N) is 1. The number of aliphatic carboxylic acids is 1. The Morgan fingerprint density at radius 3 is 1.96 bits per heavy atom. The second kappa shape index (κ2) is 8.85. The van der Waals surface area contributed by atoms with Gasteiger partial charge >= 0.3 is 12.1 Å². The van der Waals surface area contributed by atoms with Crippen LogP contribution in [0.25, 0.3) is 0 Å². The molecule has 0 aliphatic rings. The fourth-order valence-corrected chi connectivity index (χ4v) is 2.17. The van der Waals surface area contributed by atoms with E-state index in [1.165, 1.54) is 0 Å². The van der Waals surface area contributed by atoms with Gasteiger partial charge in [0.15, 0.2) is 0 Å². The van der Waals surface area contributed by atoms with Crippen LogP contribution < -0.4 is 0 Å². The van der Waals surface area contributed by atoms with E-state index in [2.05, 4.69) is 6.58 Å². The number of amides is 2. The molecule has 1 unspecified atom stereocenters. The van der Waals surface area contributed by atoms with Crippen molar-refractivity contribution in [3.8, 4) is 0 Å². The van der Waals surface area contributed by atoms with Gasteiger partial charge in [0.2, 0.25) is 5.91 Å². The third-order valence-corrected chi connectivity index (χ3v) is 3.16. The highest BCUT2D eigenvalue weighted by atomic mass is 16.6. The Kier molecular flexibility index (Phi) is 8.17. The van der Waals surface area contributed by atoms with Gasteiger partial charge < -0.3 is 9.84 Å². The first-order valence-corrected chi connectivity index (χ1v) is 8.20. The molecule has 1 atom stereocenters. The number of carbonyl (C=O) groups excluding carboxylic acids is 2. The van der Waals surface area contributed by atoms with Crippen molar-refractivity contribution in [1.82, 2.24) is 4.90 Å². The zero-order valence-electron chi connectivity index (χ0n) is 15.9. The van der Waals surface area contributed by atoms with Crippen LogP contribution in [-0.2, 0) is 14.3 Å². The monoisotopic (exact) mass is 341 g/mol.